The second kappa shape index (κ2) is 9.31. The predicted octanol–water partition coefficient (Wildman–Crippen LogP) is 5.79. The van der Waals surface area contributed by atoms with Gasteiger partial charge in [0.25, 0.3) is 15.9 Å². The smallest absolute Gasteiger partial charge is 0.264 e. The number of thioether (sulfide) groups is 1. The maximum absolute atomic E-state index is 12.9. The Hall–Kier alpha value is -2.19. The van der Waals surface area contributed by atoms with Crippen LogP contribution < -0.4 is 9.62 Å². The van der Waals surface area contributed by atoms with E-state index in [1.54, 1.807) is 54.6 Å². The molecule has 3 rings (SSSR count). The number of nitrogens with zero attached hydrogens (tertiary/aromatic N) is 1. The van der Waals surface area contributed by atoms with E-state index in [2.05, 4.69) is 5.32 Å². The Morgan fingerprint density at radius 3 is 2.03 bits per heavy atom. The van der Waals surface area contributed by atoms with Crippen LogP contribution in [0.15, 0.2) is 76.5 Å². The summed E-state index contributed by atoms with van der Waals surface area (Å²) < 4.78 is 26.9. The van der Waals surface area contributed by atoms with Crippen molar-refractivity contribution in [3.05, 3.63) is 82.3 Å². The number of carbonyl (C=O) groups is 1. The molecule has 3 aromatic rings. The number of rotatable bonds is 6. The number of benzene rings is 3. The quantitative estimate of drug-likeness (QED) is 0.453. The third-order valence-electron chi connectivity index (χ3n) is 4.41. The number of halogens is 2. The Morgan fingerprint density at radius 2 is 1.50 bits per heavy atom. The first-order valence-corrected chi connectivity index (χ1v) is 12.1. The van der Waals surface area contributed by atoms with Gasteiger partial charge in [-0.15, -0.1) is 11.8 Å². The van der Waals surface area contributed by atoms with Gasteiger partial charge in [0, 0.05) is 17.5 Å². The van der Waals surface area contributed by atoms with Crippen molar-refractivity contribution in [1.82, 2.24) is 0 Å². The summed E-state index contributed by atoms with van der Waals surface area (Å²) in [5.74, 6) is -0.408. The summed E-state index contributed by atoms with van der Waals surface area (Å²) >= 11 is 13.7. The number of sulfonamides is 1. The van der Waals surface area contributed by atoms with Crippen molar-refractivity contribution in [2.24, 2.45) is 0 Å². The maximum Gasteiger partial charge on any atom is 0.264 e. The summed E-state index contributed by atoms with van der Waals surface area (Å²) in [6.45, 7) is 0. The number of nitrogens with one attached hydrogen (secondary N) is 1. The van der Waals surface area contributed by atoms with E-state index >= 15 is 0 Å². The summed E-state index contributed by atoms with van der Waals surface area (Å²) in [5.41, 5.74) is 1.09. The molecule has 0 spiro atoms. The fourth-order valence-electron chi connectivity index (χ4n) is 2.67. The summed E-state index contributed by atoms with van der Waals surface area (Å²) in [6, 6.07) is 17.8. The highest BCUT2D eigenvalue weighted by Crippen LogP contribution is 2.30. The van der Waals surface area contributed by atoms with Crippen molar-refractivity contribution >= 4 is 62.3 Å². The summed E-state index contributed by atoms with van der Waals surface area (Å²) in [7, 11) is -2.25. The molecule has 0 saturated carbocycles. The van der Waals surface area contributed by atoms with Crippen molar-refractivity contribution in [3.63, 3.8) is 0 Å². The number of amides is 1. The van der Waals surface area contributed by atoms with Crippen LogP contribution in [0.1, 0.15) is 10.4 Å². The SMILES string of the molecule is CSc1ccc(S(=O)(=O)N(C)c2ccc(C(=O)Nc3c(Cl)cccc3Cl)cc2)cc1. The van der Waals surface area contributed by atoms with Gasteiger partial charge in [-0.1, -0.05) is 29.3 Å². The molecule has 3 aromatic carbocycles. The molecule has 1 N–H and O–H groups in total. The number of hydrogen-bond acceptors (Lipinski definition) is 4. The van der Waals surface area contributed by atoms with Crippen molar-refractivity contribution in [1.29, 1.82) is 0 Å². The van der Waals surface area contributed by atoms with Gasteiger partial charge in [0.15, 0.2) is 0 Å². The highest BCUT2D eigenvalue weighted by Gasteiger charge is 2.21. The molecule has 0 radical (unpaired) electrons. The van der Waals surface area contributed by atoms with Gasteiger partial charge in [-0.2, -0.15) is 0 Å². The summed E-state index contributed by atoms with van der Waals surface area (Å²) in [6.07, 6.45) is 1.92. The number of carbonyl (C=O) groups excluding carboxylic acids is 1. The molecular weight excluding hydrogens is 463 g/mol. The number of hydrogen-bond donors (Lipinski definition) is 1. The fraction of sp³-hybridized carbons (Fsp3) is 0.0952. The van der Waals surface area contributed by atoms with Crippen LogP contribution in [-0.2, 0) is 10.0 Å². The maximum atomic E-state index is 12.9. The van der Waals surface area contributed by atoms with E-state index in [0.29, 0.717) is 27.0 Å². The van der Waals surface area contributed by atoms with Crippen LogP contribution in [0.2, 0.25) is 10.0 Å². The lowest BCUT2D eigenvalue weighted by Crippen LogP contribution is -2.26. The number of anilines is 2. The minimum atomic E-state index is -3.72. The van der Waals surface area contributed by atoms with E-state index in [1.807, 2.05) is 6.26 Å². The minimum Gasteiger partial charge on any atom is -0.319 e. The molecule has 0 fully saturated rings. The van der Waals surface area contributed by atoms with E-state index in [-0.39, 0.29) is 4.90 Å². The van der Waals surface area contributed by atoms with Gasteiger partial charge < -0.3 is 5.32 Å². The molecule has 0 unspecified atom stereocenters. The van der Waals surface area contributed by atoms with Crippen molar-refractivity contribution in [2.45, 2.75) is 9.79 Å². The average Bonchev–Trinajstić information content (AvgIpc) is 2.76. The molecular formula is C21H18Cl2N2O3S2. The van der Waals surface area contributed by atoms with Crippen molar-refractivity contribution < 1.29 is 13.2 Å². The lowest BCUT2D eigenvalue weighted by atomic mass is 10.2. The molecule has 9 heteroatoms. The molecule has 0 atom stereocenters. The van der Waals surface area contributed by atoms with E-state index < -0.39 is 15.9 Å². The zero-order valence-electron chi connectivity index (χ0n) is 16.1. The molecule has 0 aliphatic heterocycles. The molecule has 156 valence electrons. The normalized spacial score (nSPS) is 11.2. The van der Waals surface area contributed by atoms with Gasteiger partial charge in [0.1, 0.15) is 0 Å². The van der Waals surface area contributed by atoms with Crippen LogP contribution in [0.3, 0.4) is 0 Å². The minimum absolute atomic E-state index is 0.193. The topological polar surface area (TPSA) is 66.5 Å². The Labute approximate surface area is 190 Å². The molecule has 0 aromatic heterocycles. The fourth-order valence-corrected chi connectivity index (χ4v) is 4.77. The molecule has 0 bridgehead atoms. The first-order valence-electron chi connectivity index (χ1n) is 8.72. The number of para-hydroxylation sites is 1. The average molecular weight is 481 g/mol. The van der Waals surface area contributed by atoms with Gasteiger partial charge in [0.05, 0.1) is 26.3 Å². The Bertz CT molecular complexity index is 1150. The van der Waals surface area contributed by atoms with Gasteiger partial charge in [-0.05, 0) is 66.9 Å². The second-order valence-electron chi connectivity index (χ2n) is 6.25. The molecule has 0 aliphatic carbocycles. The van der Waals surface area contributed by atoms with Gasteiger partial charge in [-0.25, -0.2) is 8.42 Å². The second-order valence-corrected chi connectivity index (χ2v) is 9.91. The van der Waals surface area contributed by atoms with E-state index in [9.17, 15) is 13.2 Å². The first-order chi connectivity index (χ1) is 14.2. The third-order valence-corrected chi connectivity index (χ3v) is 7.59. The van der Waals surface area contributed by atoms with Crippen LogP contribution in [0.25, 0.3) is 0 Å². The van der Waals surface area contributed by atoms with E-state index in [0.717, 1.165) is 4.90 Å². The predicted molar refractivity (Wildman–Crippen MR) is 125 cm³/mol. The standard InChI is InChI=1S/C21H18Cl2N2O3S2/c1-25(30(27,28)17-12-10-16(29-2)11-13-17)15-8-6-14(7-9-15)21(26)24-20-18(22)4-3-5-19(20)23/h3-13H,1-2H3,(H,24,26). The lowest BCUT2D eigenvalue weighted by molar-refractivity contribution is 0.102. The van der Waals surface area contributed by atoms with Crippen LogP contribution in [0, 0.1) is 0 Å². The molecule has 5 nitrogen and oxygen atoms in total. The monoisotopic (exact) mass is 480 g/mol. The highest BCUT2D eigenvalue weighted by molar-refractivity contribution is 7.98. The molecule has 1 amide bonds. The van der Waals surface area contributed by atoms with Gasteiger partial charge in [-0.3, -0.25) is 9.10 Å². The van der Waals surface area contributed by atoms with Gasteiger partial charge >= 0.3 is 0 Å². The summed E-state index contributed by atoms with van der Waals surface area (Å²) in [4.78, 5) is 13.7. The molecule has 0 heterocycles. The largest absolute Gasteiger partial charge is 0.319 e. The van der Waals surface area contributed by atoms with Crippen LogP contribution in [-0.4, -0.2) is 27.6 Å². The van der Waals surface area contributed by atoms with Crippen molar-refractivity contribution in [3.8, 4) is 0 Å². The van der Waals surface area contributed by atoms with E-state index in [1.165, 1.54) is 35.2 Å². The van der Waals surface area contributed by atoms with Crippen LogP contribution in [0.4, 0.5) is 11.4 Å². The summed E-state index contributed by atoms with van der Waals surface area (Å²) in [5, 5.41) is 3.32. The first kappa shape index (κ1) is 22.5. The molecule has 0 saturated heterocycles. The Balaban J connectivity index is 1.79. The van der Waals surface area contributed by atoms with Gasteiger partial charge in [0.2, 0.25) is 0 Å². The highest BCUT2D eigenvalue weighted by atomic mass is 35.5. The molecule has 0 aliphatic rings. The van der Waals surface area contributed by atoms with Crippen LogP contribution in [0.5, 0.6) is 0 Å². The van der Waals surface area contributed by atoms with Crippen LogP contribution >= 0.6 is 35.0 Å². The van der Waals surface area contributed by atoms with E-state index in [4.69, 9.17) is 23.2 Å². The Kier molecular flexibility index (Phi) is 6.98. The zero-order valence-corrected chi connectivity index (χ0v) is 19.2. The zero-order chi connectivity index (χ0) is 21.9. The molecule has 30 heavy (non-hydrogen) atoms. The third kappa shape index (κ3) is 4.75. The lowest BCUT2D eigenvalue weighted by Gasteiger charge is -2.20. The Morgan fingerprint density at radius 1 is 0.933 bits per heavy atom. The van der Waals surface area contributed by atoms with Crippen molar-refractivity contribution in [2.75, 3.05) is 22.9 Å².